The van der Waals surface area contributed by atoms with Gasteiger partial charge in [0.15, 0.2) is 0 Å². The first-order valence-corrected chi connectivity index (χ1v) is 9.91. The molecule has 2 N–H and O–H groups in total. The van der Waals surface area contributed by atoms with E-state index >= 15 is 0 Å². The molecule has 1 unspecified atom stereocenters. The number of nitriles is 2. The number of benzene rings is 2. The highest BCUT2D eigenvalue weighted by atomic mass is 19.1. The Hall–Kier alpha value is -3.91. The number of nitrogens with zero attached hydrogens (tertiary/aromatic N) is 3. The minimum Gasteiger partial charge on any atom is -0.465 e. The normalized spacial score (nSPS) is 16.6. The number of piperidine rings is 1. The van der Waals surface area contributed by atoms with Crippen LogP contribution in [0, 0.1) is 28.5 Å². The molecule has 8 heteroatoms. The molecular weight excluding hydrogens is 399 g/mol. The largest absolute Gasteiger partial charge is 0.465 e. The van der Waals surface area contributed by atoms with Crippen molar-refractivity contribution in [2.75, 3.05) is 13.1 Å². The molecule has 158 valence electrons. The van der Waals surface area contributed by atoms with Gasteiger partial charge in [0.25, 0.3) is 0 Å². The molecule has 1 heterocycles. The quantitative estimate of drug-likeness (QED) is 0.766. The fourth-order valence-corrected chi connectivity index (χ4v) is 3.68. The van der Waals surface area contributed by atoms with E-state index in [1.165, 1.54) is 12.1 Å². The highest BCUT2D eigenvalue weighted by Gasteiger charge is 2.32. The second-order valence-electron chi connectivity index (χ2n) is 7.34. The van der Waals surface area contributed by atoms with Crippen molar-refractivity contribution in [1.29, 1.82) is 10.5 Å². The number of amides is 2. The fraction of sp³-hybridized carbons (Fsp3) is 0.304. The monoisotopic (exact) mass is 420 g/mol. The van der Waals surface area contributed by atoms with Gasteiger partial charge >= 0.3 is 6.09 Å². The summed E-state index contributed by atoms with van der Waals surface area (Å²) in [6, 6.07) is 14.5. The molecular formula is C23H21FN4O3. The lowest BCUT2D eigenvalue weighted by Gasteiger charge is -2.32. The van der Waals surface area contributed by atoms with Crippen molar-refractivity contribution >= 4 is 12.0 Å². The van der Waals surface area contributed by atoms with E-state index in [-0.39, 0.29) is 12.1 Å². The third-order valence-corrected chi connectivity index (χ3v) is 5.42. The molecule has 0 radical (unpaired) electrons. The predicted molar refractivity (Wildman–Crippen MR) is 110 cm³/mol. The number of likely N-dealkylation sites (tertiary alicyclic amines) is 1. The number of carboxylic acid groups (broad SMARTS) is 1. The van der Waals surface area contributed by atoms with Crippen molar-refractivity contribution in [3.63, 3.8) is 0 Å². The van der Waals surface area contributed by atoms with Gasteiger partial charge in [-0.05, 0) is 48.1 Å². The molecule has 1 saturated heterocycles. The van der Waals surface area contributed by atoms with Crippen LogP contribution in [0.3, 0.4) is 0 Å². The van der Waals surface area contributed by atoms with Crippen LogP contribution in [0.1, 0.15) is 36.3 Å². The Kier molecular flexibility index (Phi) is 6.84. The highest BCUT2D eigenvalue weighted by molar-refractivity contribution is 5.85. The molecule has 2 atom stereocenters. The standard InChI is InChI=1S/C23H21FN4O3/c24-20-11-17(8-9-18(20)12-25)15-4-6-16(7-5-15)19(13-26)14-27-22(29)21-3-1-2-10-28(21)23(30)31/h4-9,11,19,21H,1-3,10,14H2,(H,27,29)(H,30,31)/t19-,21?/m0/s1. The molecule has 0 aliphatic carbocycles. The van der Waals surface area contributed by atoms with Gasteiger partial charge in [0.05, 0.1) is 17.6 Å². The predicted octanol–water partition coefficient (Wildman–Crippen LogP) is 3.62. The molecule has 2 aromatic carbocycles. The maximum absolute atomic E-state index is 13.9. The Morgan fingerprint density at radius 1 is 1.16 bits per heavy atom. The molecule has 0 aromatic heterocycles. The van der Waals surface area contributed by atoms with Crippen LogP contribution in [0.5, 0.6) is 0 Å². The average Bonchev–Trinajstić information content (AvgIpc) is 2.79. The van der Waals surface area contributed by atoms with Crippen molar-refractivity contribution < 1.29 is 19.1 Å². The first-order valence-electron chi connectivity index (χ1n) is 9.91. The number of nitrogens with one attached hydrogen (secondary N) is 1. The second-order valence-corrected chi connectivity index (χ2v) is 7.34. The van der Waals surface area contributed by atoms with E-state index in [0.717, 1.165) is 23.3 Å². The summed E-state index contributed by atoms with van der Waals surface area (Å²) < 4.78 is 13.9. The molecule has 7 nitrogen and oxygen atoms in total. The Labute approximate surface area is 179 Å². The van der Waals surface area contributed by atoms with Gasteiger partial charge in [-0.25, -0.2) is 9.18 Å². The van der Waals surface area contributed by atoms with E-state index in [4.69, 9.17) is 5.26 Å². The van der Waals surface area contributed by atoms with E-state index in [1.807, 2.05) is 0 Å². The molecule has 3 rings (SSSR count). The van der Waals surface area contributed by atoms with Gasteiger partial charge < -0.3 is 10.4 Å². The molecule has 0 saturated carbocycles. The van der Waals surface area contributed by atoms with E-state index in [1.54, 1.807) is 36.4 Å². The third kappa shape index (κ3) is 4.99. The van der Waals surface area contributed by atoms with Gasteiger partial charge in [-0.1, -0.05) is 30.3 Å². The Bertz CT molecular complexity index is 1060. The summed E-state index contributed by atoms with van der Waals surface area (Å²) in [7, 11) is 0. The first-order chi connectivity index (χ1) is 14.9. The number of hydrogen-bond acceptors (Lipinski definition) is 4. The Balaban J connectivity index is 1.67. The SMILES string of the molecule is N#Cc1ccc(-c2ccc([C@@H](C#N)CNC(=O)C3CCCCN3C(=O)O)cc2)cc1F. The van der Waals surface area contributed by atoms with Crippen LogP contribution in [-0.4, -0.2) is 41.1 Å². The lowest BCUT2D eigenvalue weighted by Crippen LogP contribution is -2.52. The summed E-state index contributed by atoms with van der Waals surface area (Å²) >= 11 is 0. The van der Waals surface area contributed by atoms with Crippen LogP contribution < -0.4 is 5.32 Å². The summed E-state index contributed by atoms with van der Waals surface area (Å²) in [5, 5.41) is 30.4. The zero-order valence-electron chi connectivity index (χ0n) is 16.7. The number of rotatable bonds is 5. The molecule has 1 fully saturated rings. The van der Waals surface area contributed by atoms with Crippen LogP contribution in [-0.2, 0) is 4.79 Å². The summed E-state index contributed by atoms with van der Waals surface area (Å²) in [6.07, 6.45) is 0.852. The fourth-order valence-electron chi connectivity index (χ4n) is 3.68. The minimum atomic E-state index is -1.12. The van der Waals surface area contributed by atoms with Crippen molar-refractivity contribution in [3.05, 3.63) is 59.4 Å². The van der Waals surface area contributed by atoms with Gasteiger partial charge in [-0.3, -0.25) is 9.69 Å². The van der Waals surface area contributed by atoms with Crippen LogP contribution in [0.2, 0.25) is 0 Å². The number of carbonyl (C=O) groups is 2. The molecule has 1 aliphatic rings. The topological polar surface area (TPSA) is 117 Å². The molecule has 31 heavy (non-hydrogen) atoms. The highest BCUT2D eigenvalue weighted by Crippen LogP contribution is 2.25. The average molecular weight is 420 g/mol. The Morgan fingerprint density at radius 2 is 1.87 bits per heavy atom. The summed E-state index contributed by atoms with van der Waals surface area (Å²) in [4.78, 5) is 25.0. The third-order valence-electron chi connectivity index (χ3n) is 5.42. The smallest absolute Gasteiger partial charge is 0.407 e. The summed E-state index contributed by atoms with van der Waals surface area (Å²) in [6.45, 7) is 0.386. The first kappa shape index (κ1) is 21.8. The van der Waals surface area contributed by atoms with E-state index < -0.39 is 29.8 Å². The van der Waals surface area contributed by atoms with Crippen molar-refractivity contribution in [1.82, 2.24) is 10.2 Å². The van der Waals surface area contributed by atoms with E-state index in [9.17, 15) is 24.3 Å². The van der Waals surface area contributed by atoms with Gasteiger partial charge in [-0.2, -0.15) is 10.5 Å². The van der Waals surface area contributed by atoms with Crippen molar-refractivity contribution in [3.8, 4) is 23.3 Å². The van der Waals surface area contributed by atoms with Crippen LogP contribution in [0.4, 0.5) is 9.18 Å². The maximum Gasteiger partial charge on any atom is 0.407 e. The number of carbonyl (C=O) groups excluding carboxylic acids is 1. The zero-order valence-corrected chi connectivity index (χ0v) is 16.7. The van der Waals surface area contributed by atoms with Crippen molar-refractivity contribution in [2.24, 2.45) is 0 Å². The van der Waals surface area contributed by atoms with Gasteiger partial charge in [0, 0.05) is 13.1 Å². The minimum absolute atomic E-state index is 0.0277. The van der Waals surface area contributed by atoms with E-state index in [2.05, 4.69) is 11.4 Å². The lowest BCUT2D eigenvalue weighted by molar-refractivity contribution is -0.126. The van der Waals surface area contributed by atoms with Crippen molar-refractivity contribution in [2.45, 2.75) is 31.2 Å². The second kappa shape index (κ2) is 9.73. The molecule has 0 spiro atoms. The van der Waals surface area contributed by atoms with Gasteiger partial charge in [0.1, 0.15) is 17.9 Å². The van der Waals surface area contributed by atoms with E-state index in [0.29, 0.717) is 24.1 Å². The summed E-state index contributed by atoms with van der Waals surface area (Å²) in [5.41, 5.74) is 1.99. The Morgan fingerprint density at radius 3 is 2.48 bits per heavy atom. The molecule has 1 aliphatic heterocycles. The van der Waals surface area contributed by atoms with Gasteiger partial charge in [-0.15, -0.1) is 0 Å². The number of halogens is 1. The molecule has 0 bridgehead atoms. The van der Waals surface area contributed by atoms with Crippen LogP contribution >= 0.6 is 0 Å². The maximum atomic E-state index is 13.9. The van der Waals surface area contributed by atoms with Crippen LogP contribution in [0.15, 0.2) is 42.5 Å². The van der Waals surface area contributed by atoms with Crippen LogP contribution in [0.25, 0.3) is 11.1 Å². The number of hydrogen-bond donors (Lipinski definition) is 2. The molecule has 2 amide bonds. The van der Waals surface area contributed by atoms with Gasteiger partial charge in [0.2, 0.25) is 5.91 Å². The lowest BCUT2D eigenvalue weighted by atomic mass is 9.96. The zero-order chi connectivity index (χ0) is 22.4. The molecule has 2 aromatic rings. The summed E-state index contributed by atoms with van der Waals surface area (Å²) in [5.74, 6) is -1.61.